The van der Waals surface area contributed by atoms with Crippen molar-refractivity contribution in [2.24, 2.45) is 0 Å². The van der Waals surface area contributed by atoms with Crippen LogP contribution in [-0.2, 0) is 27.9 Å². The largest absolute Gasteiger partial charge is 0.472 e. The van der Waals surface area contributed by atoms with Crippen LogP contribution >= 0.6 is 7.82 Å². The average Bonchev–Trinajstić information content (AvgIpc) is 3.17. The van der Waals surface area contributed by atoms with Gasteiger partial charge in [-0.1, -0.05) is 171 Å². The van der Waals surface area contributed by atoms with E-state index in [0.29, 0.717) is 6.42 Å². The highest BCUT2D eigenvalue weighted by Gasteiger charge is 2.23. The lowest BCUT2D eigenvalue weighted by Gasteiger charge is -2.15. The van der Waals surface area contributed by atoms with E-state index in [1.807, 2.05) is 0 Å². The van der Waals surface area contributed by atoms with Gasteiger partial charge in [0.15, 0.2) is 0 Å². The van der Waals surface area contributed by atoms with Crippen LogP contribution in [0.3, 0.4) is 0 Å². The molecule has 2 atom stereocenters. The number of nitrogens with one attached hydrogen (secondary N) is 1. The van der Waals surface area contributed by atoms with Crippen LogP contribution in [-0.4, -0.2) is 54.3 Å². The first kappa shape index (κ1) is 52.7. The summed E-state index contributed by atoms with van der Waals surface area (Å²) in [6.07, 6.45) is 48.6. The van der Waals surface area contributed by atoms with Gasteiger partial charge in [0.25, 0.3) is 0 Å². The van der Waals surface area contributed by atoms with Gasteiger partial charge in [-0.05, 0) is 57.8 Å². The van der Waals surface area contributed by atoms with Crippen LogP contribution in [0.4, 0.5) is 0 Å². The number of hydrogen-bond acceptors (Lipinski definition) is 7. The van der Waals surface area contributed by atoms with Gasteiger partial charge in [0.1, 0.15) is 12.7 Å². The number of phosphoric ester groups is 1. The van der Waals surface area contributed by atoms with Gasteiger partial charge >= 0.3 is 13.8 Å². The number of carbonyl (C=O) groups excluding carboxylic acids is 2. The Morgan fingerprint density at radius 2 is 1.04 bits per heavy atom. The number of allylic oxidation sites excluding steroid dienone is 10. The molecule has 10 heteroatoms. The van der Waals surface area contributed by atoms with Gasteiger partial charge < -0.3 is 20.1 Å². The van der Waals surface area contributed by atoms with Crippen molar-refractivity contribution in [1.29, 1.82) is 0 Å². The molecule has 9 nitrogen and oxygen atoms in total. The summed E-state index contributed by atoms with van der Waals surface area (Å²) in [7, 11) is -4.42. The molecule has 0 radical (unpaired) electrons. The Hall–Kier alpha value is -2.29. The third-order valence-corrected chi connectivity index (χ3v) is 9.95. The number of carbonyl (C=O) groups is 2. The molecule has 0 saturated heterocycles. The minimum atomic E-state index is -4.42. The number of aliphatic hydroxyl groups excluding tert-OH is 1. The summed E-state index contributed by atoms with van der Waals surface area (Å²) < 4.78 is 26.8. The fourth-order valence-electron chi connectivity index (χ4n) is 5.70. The van der Waals surface area contributed by atoms with Crippen LogP contribution < -0.4 is 5.32 Å². The van der Waals surface area contributed by atoms with Crippen LogP contribution in [0.2, 0.25) is 0 Å². The third-order valence-electron chi connectivity index (χ3n) is 8.96. The van der Waals surface area contributed by atoms with Gasteiger partial charge in [0.05, 0.1) is 13.2 Å². The monoisotopic (exact) mass is 794 g/mol. The molecule has 0 spiro atoms. The number of hydrogen-bond donors (Lipinski definition) is 3. The average molecular weight is 794 g/mol. The highest BCUT2D eigenvalue weighted by molar-refractivity contribution is 7.47. The predicted octanol–water partition coefficient (Wildman–Crippen LogP) is 12.1. The molecule has 0 saturated carbocycles. The molecule has 55 heavy (non-hydrogen) atoms. The zero-order chi connectivity index (χ0) is 40.3. The molecule has 0 aromatic carbocycles. The molecule has 0 aromatic rings. The quantitative estimate of drug-likeness (QED) is 0.0242. The Morgan fingerprint density at radius 1 is 0.582 bits per heavy atom. The lowest BCUT2D eigenvalue weighted by Crippen LogP contribution is -2.27. The zero-order valence-electron chi connectivity index (χ0n) is 34.9. The second kappa shape index (κ2) is 41.3. The van der Waals surface area contributed by atoms with Crippen molar-refractivity contribution in [2.45, 2.75) is 187 Å². The van der Waals surface area contributed by atoms with E-state index in [2.05, 4.69) is 79.9 Å². The lowest BCUT2D eigenvalue weighted by molar-refractivity contribution is -0.147. The second-order valence-corrected chi connectivity index (χ2v) is 15.7. The van der Waals surface area contributed by atoms with Crippen LogP contribution in [0.1, 0.15) is 181 Å². The molecular weight excluding hydrogens is 713 g/mol. The van der Waals surface area contributed by atoms with E-state index in [9.17, 15) is 24.2 Å². The summed E-state index contributed by atoms with van der Waals surface area (Å²) in [5, 5.41) is 12.7. The van der Waals surface area contributed by atoms with E-state index in [0.717, 1.165) is 83.5 Å². The number of esters is 1. The molecular formula is C45H80NO8P. The molecule has 0 aliphatic rings. The molecule has 0 aliphatic heterocycles. The van der Waals surface area contributed by atoms with Crippen molar-refractivity contribution in [3.05, 3.63) is 60.8 Å². The molecule has 0 fully saturated rings. The molecule has 0 heterocycles. The highest BCUT2D eigenvalue weighted by atomic mass is 31.2. The second-order valence-electron chi connectivity index (χ2n) is 14.3. The first-order chi connectivity index (χ1) is 26.8. The third kappa shape index (κ3) is 42.7. The highest BCUT2D eigenvalue weighted by Crippen LogP contribution is 2.42. The first-order valence-electron chi connectivity index (χ1n) is 21.8. The van der Waals surface area contributed by atoms with Crippen molar-refractivity contribution < 1.29 is 37.9 Å². The van der Waals surface area contributed by atoms with Crippen LogP contribution in [0.5, 0.6) is 0 Å². The molecule has 0 aromatic heterocycles. The van der Waals surface area contributed by atoms with Crippen molar-refractivity contribution in [1.82, 2.24) is 5.32 Å². The molecule has 1 amide bonds. The summed E-state index contributed by atoms with van der Waals surface area (Å²) in [5.41, 5.74) is 0. The normalized spacial score (nSPS) is 13.9. The minimum Gasteiger partial charge on any atom is -0.463 e. The Kier molecular flexibility index (Phi) is 39.6. The SMILES string of the molecule is CC/C=C\C/C=C\C/C=C\C/C=C\C/C=C\CCCCCCCCCC(=O)OCC(O)COP(=O)(O)OCCNC(=O)CCCCCCCCCCCCC. The van der Waals surface area contributed by atoms with Gasteiger partial charge in [-0.2, -0.15) is 0 Å². The molecule has 3 N–H and O–H groups in total. The predicted molar refractivity (Wildman–Crippen MR) is 229 cm³/mol. The number of amides is 1. The number of rotatable bonds is 40. The summed E-state index contributed by atoms with van der Waals surface area (Å²) in [5.74, 6) is -0.530. The fraction of sp³-hybridized carbons (Fsp3) is 0.733. The van der Waals surface area contributed by atoms with Crippen molar-refractivity contribution in [2.75, 3.05) is 26.4 Å². The fourth-order valence-corrected chi connectivity index (χ4v) is 6.46. The number of aliphatic hydroxyl groups is 1. The number of ether oxygens (including phenoxy) is 1. The standard InChI is InChI=1S/C45H80NO8P/c1-3-5-7-9-11-13-15-16-17-18-19-20-21-22-23-24-25-26-28-30-32-34-36-38-45(49)52-41-43(47)42-54-55(50,51)53-40-39-46-44(48)37-35-33-31-29-27-14-12-10-8-6-4-2/h5,7,11,13,16-17,19-20,22-23,43,47H,3-4,6,8-10,12,14-15,18,21,24-42H2,1-2H3,(H,46,48)(H,50,51)/b7-5-,13-11-,17-16-,20-19-,23-22-. The molecule has 0 bridgehead atoms. The smallest absolute Gasteiger partial charge is 0.463 e. The van der Waals surface area contributed by atoms with Crippen molar-refractivity contribution in [3.63, 3.8) is 0 Å². The van der Waals surface area contributed by atoms with Gasteiger partial charge in [-0.15, -0.1) is 0 Å². The topological polar surface area (TPSA) is 131 Å². The number of unbranched alkanes of at least 4 members (excludes halogenated alkanes) is 17. The summed E-state index contributed by atoms with van der Waals surface area (Å²) in [6, 6.07) is 0. The molecule has 0 aliphatic carbocycles. The zero-order valence-corrected chi connectivity index (χ0v) is 35.7. The minimum absolute atomic E-state index is 0.0801. The molecule has 318 valence electrons. The molecule has 2 unspecified atom stereocenters. The van der Waals surface area contributed by atoms with Crippen molar-refractivity contribution >= 4 is 19.7 Å². The first-order valence-corrected chi connectivity index (χ1v) is 23.3. The summed E-state index contributed by atoms with van der Waals surface area (Å²) in [6.45, 7) is 3.41. The van der Waals surface area contributed by atoms with E-state index in [4.69, 9.17) is 13.8 Å². The maximum Gasteiger partial charge on any atom is 0.472 e. The van der Waals surface area contributed by atoms with Gasteiger partial charge in [0.2, 0.25) is 5.91 Å². The van der Waals surface area contributed by atoms with E-state index < -0.39 is 26.5 Å². The number of phosphoric acid groups is 1. The van der Waals surface area contributed by atoms with E-state index >= 15 is 0 Å². The summed E-state index contributed by atoms with van der Waals surface area (Å²) >= 11 is 0. The Labute approximate surface area is 336 Å². The lowest BCUT2D eigenvalue weighted by atomic mass is 10.1. The maximum atomic E-state index is 12.1. The summed E-state index contributed by atoms with van der Waals surface area (Å²) in [4.78, 5) is 33.8. The molecule has 0 rings (SSSR count). The maximum absolute atomic E-state index is 12.1. The van der Waals surface area contributed by atoms with E-state index in [-0.39, 0.29) is 32.1 Å². The van der Waals surface area contributed by atoms with E-state index in [1.165, 1.54) is 70.6 Å². The van der Waals surface area contributed by atoms with Crippen LogP contribution in [0.25, 0.3) is 0 Å². The Morgan fingerprint density at radius 3 is 1.56 bits per heavy atom. The van der Waals surface area contributed by atoms with Crippen LogP contribution in [0.15, 0.2) is 60.8 Å². The Bertz CT molecular complexity index is 1090. The van der Waals surface area contributed by atoms with Gasteiger partial charge in [-0.3, -0.25) is 18.6 Å². The van der Waals surface area contributed by atoms with E-state index in [1.54, 1.807) is 0 Å². The Balaban J connectivity index is 3.63. The van der Waals surface area contributed by atoms with Gasteiger partial charge in [0, 0.05) is 19.4 Å². The van der Waals surface area contributed by atoms with Crippen molar-refractivity contribution in [3.8, 4) is 0 Å². The van der Waals surface area contributed by atoms with Crippen LogP contribution in [0, 0.1) is 0 Å². The van der Waals surface area contributed by atoms with Gasteiger partial charge in [-0.25, -0.2) is 4.57 Å².